The number of carbonyl (C=O) groups is 2. The van der Waals surface area contributed by atoms with Crippen molar-refractivity contribution in [3.63, 3.8) is 0 Å². The summed E-state index contributed by atoms with van der Waals surface area (Å²) in [6.07, 6.45) is -0.461. The fourth-order valence-corrected chi connectivity index (χ4v) is 3.63. The number of hydrogen-bond donors (Lipinski definition) is 1. The first-order valence-electron chi connectivity index (χ1n) is 8.77. The summed E-state index contributed by atoms with van der Waals surface area (Å²) in [5.74, 6) is -0.436. The van der Waals surface area contributed by atoms with Crippen LogP contribution in [0, 0.1) is 5.92 Å². The minimum atomic E-state index is -2.70. The van der Waals surface area contributed by atoms with E-state index in [1.165, 1.54) is 0 Å². The third kappa shape index (κ3) is 5.29. The van der Waals surface area contributed by atoms with Crippen molar-refractivity contribution in [2.45, 2.75) is 32.1 Å². The van der Waals surface area contributed by atoms with E-state index in [4.69, 9.17) is 0 Å². The number of aromatic nitrogens is 2. The normalized spacial score (nSPS) is 15.1. The molecule has 2 aromatic rings. The fraction of sp³-hybridized carbons (Fsp3) is 0.444. The van der Waals surface area contributed by atoms with E-state index in [2.05, 4.69) is 15.5 Å². The molecule has 1 aliphatic heterocycles. The second-order valence-electron chi connectivity index (χ2n) is 6.38. The Balaban J connectivity index is 1.43. The molecule has 144 valence electrons. The first-order valence-corrected chi connectivity index (χ1v) is 9.58. The van der Waals surface area contributed by atoms with E-state index < -0.39 is 11.4 Å². The molecule has 9 heteroatoms. The molecule has 1 N–H and O–H groups in total. The Morgan fingerprint density at radius 3 is 2.52 bits per heavy atom. The van der Waals surface area contributed by atoms with Gasteiger partial charge in [-0.15, -0.1) is 10.2 Å². The topological polar surface area (TPSA) is 75.2 Å². The maximum absolute atomic E-state index is 12.5. The Bertz CT molecular complexity index is 777. The van der Waals surface area contributed by atoms with Gasteiger partial charge in [-0.2, -0.15) is 0 Å². The molecule has 0 saturated carbocycles. The number of benzene rings is 1. The van der Waals surface area contributed by atoms with Gasteiger partial charge in [0.25, 0.3) is 6.43 Å². The van der Waals surface area contributed by atoms with Gasteiger partial charge in [-0.05, 0) is 24.8 Å². The second kappa shape index (κ2) is 8.98. The zero-order chi connectivity index (χ0) is 19.2. The van der Waals surface area contributed by atoms with Crippen LogP contribution in [0.2, 0.25) is 0 Å². The number of amides is 2. The van der Waals surface area contributed by atoms with E-state index in [1.54, 1.807) is 4.90 Å². The molecule has 3 rings (SSSR count). The van der Waals surface area contributed by atoms with E-state index in [0.29, 0.717) is 50.1 Å². The summed E-state index contributed by atoms with van der Waals surface area (Å²) in [6, 6.07) is 9.84. The summed E-state index contributed by atoms with van der Waals surface area (Å²) in [4.78, 5) is 26.4. The minimum absolute atomic E-state index is 0.0802. The van der Waals surface area contributed by atoms with Gasteiger partial charge >= 0.3 is 0 Å². The molecule has 6 nitrogen and oxygen atoms in total. The summed E-state index contributed by atoms with van der Waals surface area (Å²) in [6.45, 7) is 1.04. The van der Waals surface area contributed by atoms with Crippen LogP contribution in [0.3, 0.4) is 0 Å². The average molecular weight is 394 g/mol. The number of aryl methyl sites for hydroxylation is 1. The van der Waals surface area contributed by atoms with E-state index in [1.807, 2.05) is 30.3 Å². The quantitative estimate of drug-likeness (QED) is 0.816. The Morgan fingerprint density at radius 2 is 1.89 bits per heavy atom. The first kappa shape index (κ1) is 19.3. The molecule has 0 atom stereocenters. The lowest BCUT2D eigenvalue weighted by Gasteiger charge is -2.31. The predicted octanol–water partition coefficient (Wildman–Crippen LogP) is 3.29. The van der Waals surface area contributed by atoms with Crippen LogP contribution in [0.1, 0.15) is 36.3 Å². The van der Waals surface area contributed by atoms with E-state index in [-0.39, 0.29) is 22.9 Å². The SMILES string of the molecule is O=C(Nc1nnc(C(F)F)s1)C1CCN(C(=O)CCc2ccccc2)CC1. The highest BCUT2D eigenvalue weighted by Crippen LogP contribution is 2.26. The maximum atomic E-state index is 12.5. The molecule has 1 aromatic heterocycles. The lowest BCUT2D eigenvalue weighted by Crippen LogP contribution is -2.41. The number of piperidine rings is 1. The zero-order valence-electron chi connectivity index (χ0n) is 14.6. The van der Waals surface area contributed by atoms with Crippen LogP contribution in [0.15, 0.2) is 30.3 Å². The minimum Gasteiger partial charge on any atom is -0.343 e. The summed E-state index contributed by atoms with van der Waals surface area (Å²) in [5.41, 5.74) is 1.13. The lowest BCUT2D eigenvalue weighted by molar-refractivity contribution is -0.134. The number of rotatable bonds is 6. The summed E-state index contributed by atoms with van der Waals surface area (Å²) < 4.78 is 25.0. The molecule has 1 aromatic carbocycles. The standard InChI is InChI=1S/C18H20F2N4O2S/c19-15(20)17-22-23-18(27-17)21-16(26)13-8-10-24(11-9-13)14(25)7-6-12-4-2-1-3-5-12/h1-5,13,15H,6-11H2,(H,21,23,26). The monoisotopic (exact) mass is 394 g/mol. The Kier molecular flexibility index (Phi) is 6.44. The van der Waals surface area contributed by atoms with Gasteiger partial charge in [-0.25, -0.2) is 8.78 Å². The number of alkyl halides is 2. The molecule has 27 heavy (non-hydrogen) atoms. The van der Waals surface area contributed by atoms with Gasteiger partial charge in [0, 0.05) is 25.4 Å². The van der Waals surface area contributed by atoms with Crippen molar-refractivity contribution in [2.24, 2.45) is 5.92 Å². The molecule has 0 radical (unpaired) electrons. The van der Waals surface area contributed by atoms with Gasteiger partial charge < -0.3 is 10.2 Å². The van der Waals surface area contributed by atoms with Gasteiger partial charge in [-0.3, -0.25) is 9.59 Å². The van der Waals surface area contributed by atoms with Gasteiger partial charge in [0.2, 0.25) is 16.9 Å². The molecular formula is C18H20F2N4O2S. The number of anilines is 1. The number of nitrogens with zero attached hydrogens (tertiary/aromatic N) is 3. The third-order valence-corrected chi connectivity index (χ3v) is 5.39. The van der Waals surface area contributed by atoms with Gasteiger partial charge in [-0.1, -0.05) is 41.7 Å². The molecule has 0 unspecified atom stereocenters. The number of hydrogen-bond acceptors (Lipinski definition) is 5. The number of halogens is 2. The van der Waals surface area contributed by atoms with Gasteiger partial charge in [0.15, 0.2) is 5.01 Å². The smallest absolute Gasteiger partial charge is 0.291 e. The Morgan fingerprint density at radius 1 is 1.19 bits per heavy atom. The first-order chi connectivity index (χ1) is 13.0. The van der Waals surface area contributed by atoms with Crippen molar-refractivity contribution < 1.29 is 18.4 Å². The summed E-state index contributed by atoms with van der Waals surface area (Å²) in [7, 11) is 0. The van der Waals surface area contributed by atoms with Gasteiger partial charge in [0.05, 0.1) is 0 Å². The van der Waals surface area contributed by atoms with Crippen molar-refractivity contribution in [2.75, 3.05) is 18.4 Å². The Labute approximate surface area is 159 Å². The van der Waals surface area contributed by atoms with Crippen molar-refractivity contribution >= 4 is 28.3 Å². The number of likely N-dealkylation sites (tertiary alicyclic amines) is 1. The predicted molar refractivity (Wildman–Crippen MR) is 97.6 cm³/mol. The molecule has 1 fully saturated rings. The summed E-state index contributed by atoms with van der Waals surface area (Å²) in [5, 5.41) is 9.12. The summed E-state index contributed by atoms with van der Waals surface area (Å²) >= 11 is 0.675. The van der Waals surface area contributed by atoms with Gasteiger partial charge in [0.1, 0.15) is 0 Å². The molecular weight excluding hydrogens is 374 g/mol. The number of carbonyl (C=O) groups excluding carboxylic acids is 2. The van der Waals surface area contributed by atoms with E-state index in [0.717, 1.165) is 5.56 Å². The van der Waals surface area contributed by atoms with Crippen LogP contribution in [0.5, 0.6) is 0 Å². The third-order valence-electron chi connectivity index (χ3n) is 4.55. The highest BCUT2D eigenvalue weighted by atomic mass is 32.1. The lowest BCUT2D eigenvalue weighted by atomic mass is 9.95. The zero-order valence-corrected chi connectivity index (χ0v) is 15.4. The number of nitrogens with one attached hydrogen (secondary N) is 1. The molecule has 0 bridgehead atoms. The fourth-order valence-electron chi connectivity index (χ4n) is 3.03. The van der Waals surface area contributed by atoms with E-state index in [9.17, 15) is 18.4 Å². The molecule has 0 aliphatic carbocycles. The molecule has 1 saturated heterocycles. The van der Waals surface area contributed by atoms with Crippen molar-refractivity contribution in [3.8, 4) is 0 Å². The van der Waals surface area contributed by atoms with Crippen LogP contribution in [0.4, 0.5) is 13.9 Å². The maximum Gasteiger partial charge on any atom is 0.291 e. The van der Waals surface area contributed by atoms with Crippen LogP contribution >= 0.6 is 11.3 Å². The van der Waals surface area contributed by atoms with Crippen LogP contribution in [-0.4, -0.2) is 40.0 Å². The van der Waals surface area contributed by atoms with Crippen LogP contribution < -0.4 is 5.32 Å². The molecule has 2 heterocycles. The van der Waals surface area contributed by atoms with Crippen molar-refractivity contribution in [3.05, 3.63) is 40.9 Å². The second-order valence-corrected chi connectivity index (χ2v) is 7.39. The van der Waals surface area contributed by atoms with Crippen molar-refractivity contribution in [1.29, 1.82) is 0 Å². The van der Waals surface area contributed by atoms with E-state index >= 15 is 0 Å². The highest BCUT2D eigenvalue weighted by molar-refractivity contribution is 7.15. The average Bonchev–Trinajstić information content (AvgIpc) is 3.16. The largest absolute Gasteiger partial charge is 0.343 e. The molecule has 2 amide bonds. The van der Waals surface area contributed by atoms with Crippen LogP contribution in [0.25, 0.3) is 0 Å². The highest BCUT2D eigenvalue weighted by Gasteiger charge is 2.28. The van der Waals surface area contributed by atoms with Crippen LogP contribution in [-0.2, 0) is 16.0 Å². The van der Waals surface area contributed by atoms with Crippen molar-refractivity contribution in [1.82, 2.24) is 15.1 Å². The Hall–Kier alpha value is -2.42. The molecule has 1 aliphatic rings. The molecule has 0 spiro atoms.